The number of methoxy groups -OCH3 is 2. The normalized spacial score (nSPS) is 21.1. The molecular weight excluding hydrogens is 1880 g/mol. The van der Waals surface area contributed by atoms with Crippen LogP contribution >= 0.6 is 0 Å². The number of fused-ring (bicyclic) bond motifs is 12. The molecule has 6 aromatic rings. The number of ketones is 1. The van der Waals surface area contributed by atoms with E-state index in [2.05, 4.69) is 31.3 Å². The molecule has 8 bridgehead atoms. The molecule has 1 saturated heterocycles. The second-order valence-electron chi connectivity index (χ2n) is 33.3. The van der Waals surface area contributed by atoms with Gasteiger partial charge in [-0.05, 0) is 129 Å². The molecule has 8 N–H and O–H groups in total. The number of allylic oxidation sites excluding steroid dienone is 4. The van der Waals surface area contributed by atoms with Gasteiger partial charge in [0.1, 0.15) is 37.1 Å². The zero-order chi connectivity index (χ0) is 96.9. The molecule has 11 atom stereocenters. The van der Waals surface area contributed by atoms with Gasteiger partial charge in [-0.2, -0.15) is 0 Å². The number of hydrogen-bond acceptors (Lipinski definition) is 30. The molecule has 134 heavy (non-hydrogen) atoms. The summed E-state index contributed by atoms with van der Waals surface area (Å²) in [6.45, 7) is 23.6. The minimum Gasteiger partial charge on any atom is -0.657 e. The molecule has 3 aliphatic carbocycles. The number of esters is 4. The SMILES string of the molecule is CC(=O)O.CC(=O)O.CC(=O)O[C@H]1C(=O)[C@@]2(C)[C@H]([C@H](OC(=O)c3ccccc3)[C@]3(O)C[C@H](OC(=O)[C@H](O)[C@@H](NC(=O)c4ccccc4)c4ccccc4)C(C)=C1C3(C)C)[C@]1(OC(C)=O)CO[C@@H]1C[C@@H]2O.CCc1c(CC)c2cc3nc(cnc4cc(OCCOCCOCCOC)c(OCCOCCOCCOC)cc4ncc4nc(cc1[n-]2)C(CCCO)=C4C)C(C)=C3CCCO.[Gd]. The molecule has 2 saturated carbocycles. The maximum atomic E-state index is 15.5. The van der Waals surface area contributed by atoms with Crippen LogP contribution in [0.15, 0.2) is 139 Å². The quantitative estimate of drug-likeness (QED) is 0.00772. The van der Waals surface area contributed by atoms with Crippen molar-refractivity contribution in [2.75, 3.05) is 113 Å². The maximum absolute atomic E-state index is 15.5. The third kappa shape index (κ3) is 27.0. The molecule has 0 unspecified atom stereocenters. The molecule has 0 radical (unpaired) electrons. The molecule has 12 rings (SSSR count). The first kappa shape index (κ1) is 109. The average molecular weight is 2000 g/mol. The fourth-order valence-electron chi connectivity index (χ4n) is 17.5. The number of carbonyl (C=O) groups excluding carboxylic acids is 6. The standard InChI is InChI=1S/C48H66N5O10.C47H51NO14.2C2H4O2.Gd/c1-7-35-36(8-2)40-28-42-38(12-10-14-55)34(4)46(53-42)32-50-44-30-48(63-26-24-61-22-20-59-18-16-57-6)47(62-25-23-60-21-19-58-17-15-56-5)29-43(44)49-31-45-33(3)37(11-9-13-54)41(52-45)27-39(35)51-40;1-25-31(60-43(56)36(52)35(28-16-10-7-11-17-28)48-41(54)29-18-12-8-13-19-29)23-47(57)40(61-42(55)30-20-14-9-15-21-30)38-45(6,32(51)22-33-46(38,24-58-33)62-27(3)50)39(53)37(59-26(2)49)34(25)44(47,4)5;2*1-2(3)4;/h27-32,54-55H,7-26H2,1-6H3;7-21,31-33,35-38,40,51-52,57H,22-24H2,1-6H3,(H,48,54);2*1H3,(H,3,4);/q-1;;;;/t;31-,32-,33+,35-,36+,37+,38-,40-,45+,46-,47+;;;/m.0.../s1. The summed E-state index contributed by atoms with van der Waals surface area (Å²) in [4.78, 5) is 127. The summed E-state index contributed by atoms with van der Waals surface area (Å²) in [6, 6.07) is 30.7. The molecular formula is C99H125GdN6O28-. The summed E-state index contributed by atoms with van der Waals surface area (Å²) < 4.78 is 75.5. The van der Waals surface area contributed by atoms with Crippen molar-refractivity contribution < 1.29 is 176 Å². The molecule has 1 amide bonds. The summed E-state index contributed by atoms with van der Waals surface area (Å²) in [5.41, 5.74) is 5.22. The van der Waals surface area contributed by atoms with Crippen molar-refractivity contribution in [3.05, 3.63) is 189 Å². The number of aliphatic hydroxyl groups excluding tert-OH is 4. The third-order valence-electron chi connectivity index (χ3n) is 24.2. The Kier molecular flexibility index (Phi) is 42.2. The molecule has 34 nitrogen and oxygen atoms in total. The van der Waals surface area contributed by atoms with Gasteiger partial charge in [0.25, 0.3) is 17.8 Å². The van der Waals surface area contributed by atoms with Gasteiger partial charge in [-0.3, -0.25) is 38.7 Å². The summed E-state index contributed by atoms with van der Waals surface area (Å²) >= 11 is 0. The number of carbonyl (C=O) groups is 8. The fourth-order valence-corrected chi connectivity index (χ4v) is 17.5. The van der Waals surface area contributed by atoms with E-state index in [0.717, 1.165) is 85.3 Å². The zero-order valence-electron chi connectivity index (χ0n) is 78.3. The van der Waals surface area contributed by atoms with Gasteiger partial charge >= 0.3 is 23.9 Å². The van der Waals surface area contributed by atoms with Crippen LogP contribution in [0.5, 0.6) is 11.5 Å². The maximum Gasteiger partial charge on any atom is 0.338 e. The Bertz CT molecular complexity index is 5170. The van der Waals surface area contributed by atoms with E-state index in [1.54, 1.807) is 119 Å². The first-order valence-electron chi connectivity index (χ1n) is 44.4. The number of carboxylic acid groups (broad SMARTS) is 2. The van der Waals surface area contributed by atoms with E-state index >= 15 is 4.79 Å². The van der Waals surface area contributed by atoms with Crippen molar-refractivity contribution in [1.82, 2.24) is 30.2 Å². The monoisotopic (exact) mass is 2000 g/mol. The third-order valence-corrected chi connectivity index (χ3v) is 24.2. The average Bonchev–Trinajstić information content (AvgIpc) is 0.808. The Hall–Kier alpha value is -10.1. The number of aliphatic hydroxyl groups is 5. The molecule has 3 fully saturated rings. The van der Waals surface area contributed by atoms with Crippen LogP contribution in [0, 0.1) is 56.7 Å². The smallest absolute Gasteiger partial charge is 0.338 e. The van der Waals surface area contributed by atoms with Gasteiger partial charge in [0, 0.05) is 131 Å². The number of aryl methyl sites for hydroxylation is 2. The van der Waals surface area contributed by atoms with E-state index < -0.39 is 125 Å². The largest absolute Gasteiger partial charge is 0.657 e. The number of Topliss-reactive ketones (excluding diaryl/α,β-unsaturated/α-hetero) is 1. The van der Waals surface area contributed by atoms with E-state index in [1.807, 2.05) is 26.0 Å². The molecule has 2 aromatic heterocycles. The van der Waals surface area contributed by atoms with E-state index in [9.17, 15) is 49.5 Å². The van der Waals surface area contributed by atoms with Crippen LogP contribution in [-0.4, -0.2) is 264 Å². The summed E-state index contributed by atoms with van der Waals surface area (Å²) in [5, 5.41) is 74.8. The van der Waals surface area contributed by atoms with Crippen LogP contribution in [0.4, 0.5) is 0 Å². The summed E-state index contributed by atoms with van der Waals surface area (Å²) in [7, 11) is 3.27. The molecule has 35 heteroatoms. The number of rotatable bonds is 38. The number of hydrogen-bond donors (Lipinski definition) is 8. The number of ether oxygens (including phenoxy) is 13. The number of carboxylic acids is 2. The Labute approximate surface area is 811 Å². The molecule has 0 spiro atoms. The first-order chi connectivity index (χ1) is 63.6. The minimum absolute atomic E-state index is 0. The Balaban J connectivity index is 0.000000303. The topological polar surface area (TPSA) is 476 Å². The summed E-state index contributed by atoms with van der Waals surface area (Å²) in [5.74, 6) is -7.59. The van der Waals surface area contributed by atoms with Gasteiger partial charge in [-0.15, -0.1) is 11.0 Å². The van der Waals surface area contributed by atoms with E-state index in [1.165, 1.54) is 37.1 Å². The number of aliphatic carboxylic acids is 2. The van der Waals surface area contributed by atoms with Crippen LogP contribution in [0.3, 0.4) is 0 Å². The molecule has 5 heterocycles. The van der Waals surface area contributed by atoms with E-state index in [4.69, 9.17) is 106 Å². The van der Waals surface area contributed by atoms with E-state index in [0.29, 0.717) is 131 Å². The number of benzene rings is 4. The van der Waals surface area contributed by atoms with Gasteiger partial charge in [-0.25, -0.2) is 19.6 Å². The van der Waals surface area contributed by atoms with Gasteiger partial charge in [-0.1, -0.05) is 118 Å². The van der Waals surface area contributed by atoms with Crippen molar-refractivity contribution >= 4 is 91.9 Å². The van der Waals surface area contributed by atoms with Crippen molar-refractivity contribution in [2.45, 2.75) is 188 Å². The Morgan fingerprint density at radius 2 is 1.04 bits per heavy atom. The van der Waals surface area contributed by atoms with Crippen LogP contribution in [0.1, 0.15) is 188 Å². The molecule has 3 aliphatic heterocycles. The second-order valence-corrected chi connectivity index (χ2v) is 33.3. The molecule has 728 valence electrons. The van der Waals surface area contributed by atoms with Gasteiger partial charge in [0.2, 0.25) is 0 Å². The van der Waals surface area contributed by atoms with Crippen LogP contribution < -0.4 is 19.8 Å². The van der Waals surface area contributed by atoms with Crippen LogP contribution in [0.25, 0.3) is 44.4 Å². The second kappa shape index (κ2) is 51.8. The number of nitrogens with one attached hydrogen (secondary N) is 1. The Morgan fingerprint density at radius 3 is 1.47 bits per heavy atom. The predicted molar refractivity (Wildman–Crippen MR) is 489 cm³/mol. The van der Waals surface area contributed by atoms with Crippen molar-refractivity contribution in [1.29, 1.82) is 0 Å². The Morgan fingerprint density at radius 1 is 0.597 bits per heavy atom. The predicted octanol–water partition coefficient (Wildman–Crippen LogP) is 10.5. The van der Waals surface area contributed by atoms with Crippen molar-refractivity contribution in [3.8, 4) is 11.5 Å². The van der Waals surface area contributed by atoms with Crippen LogP contribution in [0.2, 0.25) is 0 Å². The summed E-state index contributed by atoms with van der Waals surface area (Å²) in [6.07, 6.45) is -2.90. The van der Waals surface area contributed by atoms with E-state index in [-0.39, 0.29) is 102 Å². The number of aromatic nitrogens is 5. The van der Waals surface area contributed by atoms with Crippen LogP contribution in [-0.2, 0) is 93.7 Å². The minimum atomic E-state index is -2.39. The van der Waals surface area contributed by atoms with Crippen molar-refractivity contribution in [2.24, 2.45) is 16.7 Å². The molecule has 6 aliphatic rings. The molecule has 4 aromatic carbocycles. The number of nitrogens with zero attached hydrogens (tertiary/aromatic N) is 5. The fraction of sp³-hybridized carbons (Fsp3) is 0.495. The zero-order valence-corrected chi connectivity index (χ0v) is 80.6. The number of amides is 1. The van der Waals surface area contributed by atoms with Gasteiger partial charge in [0.05, 0.1) is 148 Å². The van der Waals surface area contributed by atoms with Gasteiger partial charge < -0.3 is 108 Å². The van der Waals surface area contributed by atoms with Crippen molar-refractivity contribution in [3.63, 3.8) is 0 Å². The first-order valence-corrected chi connectivity index (χ1v) is 44.4. The van der Waals surface area contributed by atoms with Gasteiger partial charge in [0.15, 0.2) is 35.1 Å².